The summed E-state index contributed by atoms with van der Waals surface area (Å²) in [6, 6.07) is 0.427. The molecule has 4 nitrogen and oxygen atoms in total. The van der Waals surface area contributed by atoms with Gasteiger partial charge in [0.2, 0.25) is 5.91 Å². The number of hydrogen-bond donors (Lipinski definition) is 2. The van der Waals surface area contributed by atoms with Crippen LogP contribution in [0, 0.1) is 0 Å². The molecule has 1 saturated carbocycles. The maximum atomic E-state index is 11.6. The molecular weight excluding hydrogens is 192 g/mol. The molecule has 0 bridgehead atoms. The van der Waals surface area contributed by atoms with E-state index in [0.29, 0.717) is 6.04 Å². The fourth-order valence-corrected chi connectivity index (χ4v) is 1.83. The second kappa shape index (κ2) is 4.94. The molecule has 0 aromatic rings. The molecule has 0 aromatic heterocycles. The third kappa shape index (κ3) is 3.47. The molecule has 15 heavy (non-hydrogen) atoms. The van der Waals surface area contributed by atoms with Crippen molar-refractivity contribution in [2.45, 2.75) is 50.9 Å². The van der Waals surface area contributed by atoms with E-state index in [0.717, 1.165) is 38.8 Å². The van der Waals surface area contributed by atoms with Crippen LogP contribution in [0.3, 0.4) is 0 Å². The van der Waals surface area contributed by atoms with Gasteiger partial charge in [-0.1, -0.05) is 0 Å². The first-order chi connectivity index (χ1) is 7.25. The van der Waals surface area contributed by atoms with E-state index in [-0.39, 0.29) is 18.1 Å². The summed E-state index contributed by atoms with van der Waals surface area (Å²) in [5.41, 5.74) is 0. The highest BCUT2D eigenvalue weighted by Gasteiger charge is 2.27. The lowest BCUT2D eigenvalue weighted by Crippen LogP contribution is -2.40. The number of rotatable bonds is 4. The predicted molar refractivity (Wildman–Crippen MR) is 57.6 cm³/mol. The van der Waals surface area contributed by atoms with E-state index in [9.17, 15) is 4.79 Å². The predicted octanol–water partition coefficient (Wildman–Crippen LogP) is 0.422. The average molecular weight is 212 g/mol. The molecule has 0 radical (unpaired) electrons. The third-order valence-corrected chi connectivity index (χ3v) is 2.98. The topological polar surface area (TPSA) is 50.4 Å². The normalized spacial score (nSPS) is 24.9. The maximum absolute atomic E-state index is 11.6. The van der Waals surface area contributed by atoms with Crippen molar-refractivity contribution in [3.05, 3.63) is 0 Å². The number of hydrogen-bond acceptors (Lipinski definition) is 3. The fraction of sp³-hybridized carbons (Fsp3) is 0.909. The first-order valence-corrected chi connectivity index (χ1v) is 5.92. The SMILES string of the molecule is CC(OC1CCNCC1)C(=O)NC1CC1. The van der Waals surface area contributed by atoms with Gasteiger partial charge < -0.3 is 15.4 Å². The van der Waals surface area contributed by atoms with E-state index in [1.807, 2.05) is 6.92 Å². The highest BCUT2D eigenvalue weighted by atomic mass is 16.5. The highest BCUT2D eigenvalue weighted by Crippen LogP contribution is 2.19. The molecule has 1 saturated heterocycles. The number of carbonyl (C=O) groups is 1. The molecule has 1 unspecified atom stereocenters. The standard InChI is InChI=1S/C11H20N2O2/c1-8(11(14)13-9-2-3-9)15-10-4-6-12-7-5-10/h8-10,12H,2-7H2,1H3,(H,13,14). The Hall–Kier alpha value is -0.610. The lowest BCUT2D eigenvalue weighted by Gasteiger charge is -2.25. The van der Waals surface area contributed by atoms with Gasteiger partial charge in [-0.3, -0.25) is 4.79 Å². The van der Waals surface area contributed by atoms with Crippen molar-refractivity contribution in [3.8, 4) is 0 Å². The van der Waals surface area contributed by atoms with Crippen LogP contribution < -0.4 is 10.6 Å². The molecule has 1 atom stereocenters. The molecule has 2 aliphatic rings. The quantitative estimate of drug-likeness (QED) is 0.710. The second-order valence-corrected chi connectivity index (χ2v) is 4.51. The number of nitrogens with one attached hydrogen (secondary N) is 2. The van der Waals surface area contributed by atoms with Gasteiger partial charge in [0.05, 0.1) is 6.10 Å². The minimum absolute atomic E-state index is 0.0519. The molecule has 2 rings (SSSR count). The van der Waals surface area contributed by atoms with E-state index >= 15 is 0 Å². The molecule has 1 heterocycles. The Kier molecular flexibility index (Phi) is 3.59. The van der Waals surface area contributed by atoms with Gasteiger partial charge in [-0.25, -0.2) is 0 Å². The molecule has 86 valence electrons. The molecule has 0 aromatic carbocycles. The van der Waals surface area contributed by atoms with Crippen LogP contribution in [-0.4, -0.2) is 37.2 Å². The van der Waals surface area contributed by atoms with Crippen molar-refractivity contribution in [2.24, 2.45) is 0 Å². The van der Waals surface area contributed by atoms with Crippen molar-refractivity contribution >= 4 is 5.91 Å². The van der Waals surface area contributed by atoms with Crippen molar-refractivity contribution in [1.29, 1.82) is 0 Å². The Labute approximate surface area is 90.8 Å². The van der Waals surface area contributed by atoms with Crippen LogP contribution in [0.15, 0.2) is 0 Å². The van der Waals surface area contributed by atoms with Gasteiger partial charge in [0.15, 0.2) is 0 Å². The van der Waals surface area contributed by atoms with Crippen LogP contribution in [0.2, 0.25) is 0 Å². The van der Waals surface area contributed by atoms with Gasteiger partial charge >= 0.3 is 0 Å². The monoisotopic (exact) mass is 212 g/mol. The number of piperidine rings is 1. The van der Waals surface area contributed by atoms with Crippen LogP contribution in [0.25, 0.3) is 0 Å². The number of ether oxygens (including phenoxy) is 1. The summed E-state index contributed by atoms with van der Waals surface area (Å²) in [6.45, 7) is 3.85. The lowest BCUT2D eigenvalue weighted by atomic mass is 10.1. The molecule has 1 amide bonds. The van der Waals surface area contributed by atoms with E-state index in [1.54, 1.807) is 0 Å². The second-order valence-electron chi connectivity index (χ2n) is 4.51. The molecule has 4 heteroatoms. The van der Waals surface area contributed by atoms with Gasteiger partial charge in [0.1, 0.15) is 6.10 Å². The van der Waals surface area contributed by atoms with Crippen molar-refractivity contribution < 1.29 is 9.53 Å². The smallest absolute Gasteiger partial charge is 0.249 e. The Bertz CT molecular complexity index is 223. The minimum Gasteiger partial charge on any atom is -0.365 e. The van der Waals surface area contributed by atoms with E-state index in [4.69, 9.17) is 4.74 Å². The first kappa shape index (κ1) is 10.9. The van der Waals surface area contributed by atoms with Gasteiger partial charge in [-0.15, -0.1) is 0 Å². The summed E-state index contributed by atoms with van der Waals surface area (Å²) in [7, 11) is 0. The summed E-state index contributed by atoms with van der Waals surface area (Å²) < 4.78 is 5.73. The molecular formula is C11H20N2O2. The van der Waals surface area contributed by atoms with Crippen LogP contribution in [0.1, 0.15) is 32.6 Å². The third-order valence-electron chi connectivity index (χ3n) is 2.98. The molecule has 2 fully saturated rings. The van der Waals surface area contributed by atoms with E-state index in [1.165, 1.54) is 0 Å². The summed E-state index contributed by atoms with van der Waals surface area (Å²) in [5.74, 6) is 0.0519. The first-order valence-electron chi connectivity index (χ1n) is 5.92. The Morgan fingerprint density at radius 3 is 2.60 bits per heavy atom. The highest BCUT2D eigenvalue weighted by molar-refractivity contribution is 5.80. The Morgan fingerprint density at radius 1 is 1.33 bits per heavy atom. The van der Waals surface area contributed by atoms with Gasteiger partial charge in [0, 0.05) is 6.04 Å². The molecule has 1 aliphatic carbocycles. The van der Waals surface area contributed by atoms with E-state index in [2.05, 4.69) is 10.6 Å². The largest absolute Gasteiger partial charge is 0.365 e. The molecule has 1 aliphatic heterocycles. The number of carbonyl (C=O) groups excluding carboxylic acids is 1. The zero-order valence-corrected chi connectivity index (χ0v) is 9.29. The summed E-state index contributed by atoms with van der Waals surface area (Å²) in [5, 5.41) is 6.24. The molecule has 0 spiro atoms. The Balaban J connectivity index is 1.69. The number of amides is 1. The van der Waals surface area contributed by atoms with Crippen LogP contribution in [0.4, 0.5) is 0 Å². The zero-order valence-electron chi connectivity index (χ0n) is 9.29. The fourth-order valence-electron chi connectivity index (χ4n) is 1.83. The zero-order chi connectivity index (χ0) is 10.7. The average Bonchev–Trinajstić information content (AvgIpc) is 3.03. The minimum atomic E-state index is -0.298. The van der Waals surface area contributed by atoms with Crippen LogP contribution in [0.5, 0.6) is 0 Å². The summed E-state index contributed by atoms with van der Waals surface area (Å²) in [4.78, 5) is 11.6. The maximum Gasteiger partial charge on any atom is 0.249 e. The van der Waals surface area contributed by atoms with Crippen molar-refractivity contribution in [1.82, 2.24) is 10.6 Å². The van der Waals surface area contributed by atoms with Crippen LogP contribution >= 0.6 is 0 Å². The summed E-state index contributed by atoms with van der Waals surface area (Å²) in [6.07, 6.45) is 4.25. The van der Waals surface area contributed by atoms with E-state index < -0.39 is 0 Å². The van der Waals surface area contributed by atoms with Gasteiger partial charge in [-0.2, -0.15) is 0 Å². The lowest BCUT2D eigenvalue weighted by molar-refractivity contribution is -0.136. The van der Waals surface area contributed by atoms with Crippen molar-refractivity contribution in [3.63, 3.8) is 0 Å². The summed E-state index contributed by atoms with van der Waals surface area (Å²) >= 11 is 0. The van der Waals surface area contributed by atoms with Gasteiger partial charge in [0.25, 0.3) is 0 Å². The molecule has 2 N–H and O–H groups in total. The van der Waals surface area contributed by atoms with Gasteiger partial charge in [-0.05, 0) is 45.7 Å². The van der Waals surface area contributed by atoms with Crippen LogP contribution in [-0.2, 0) is 9.53 Å². The van der Waals surface area contributed by atoms with Crippen molar-refractivity contribution in [2.75, 3.05) is 13.1 Å². The Morgan fingerprint density at radius 2 is 2.00 bits per heavy atom.